The molecule has 0 aliphatic heterocycles. The highest BCUT2D eigenvalue weighted by molar-refractivity contribution is 7.80. The van der Waals surface area contributed by atoms with E-state index in [2.05, 4.69) is 54.6 Å². The standard InChI is InChI=1S/C16H11S/c17-16-8-4-3-7-15(16)14-10-9-12-5-1-2-6-13(12)11-14/h1-7,9-11,15H. The molecule has 1 heteroatoms. The van der Waals surface area contributed by atoms with Crippen LogP contribution in [0.15, 0.2) is 60.7 Å². The van der Waals surface area contributed by atoms with Crippen LogP contribution in [0.5, 0.6) is 0 Å². The van der Waals surface area contributed by atoms with E-state index in [9.17, 15) is 0 Å². The minimum Gasteiger partial charge on any atom is -0.0832 e. The first-order valence-electron chi connectivity index (χ1n) is 5.64. The summed E-state index contributed by atoms with van der Waals surface area (Å²) in [4.78, 5) is 0.864. The van der Waals surface area contributed by atoms with Crippen molar-refractivity contribution in [3.63, 3.8) is 0 Å². The molecule has 0 heterocycles. The summed E-state index contributed by atoms with van der Waals surface area (Å²) in [5.74, 6) is 0.194. The molecule has 17 heavy (non-hydrogen) atoms. The molecule has 1 atom stereocenters. The van der Waals surface area contributed by atoms with Gasteiger partial charge in [-0.15, -0.1) is 0 Å². The zero-order chi connectivity index (χ0) is 11.7. The zero-order valence-electron chi connectivity index (χ0n) is 9.26. The molecule has 1 aliphatic rings. The van der Waals surface area contributed by atoms with Crippen LogP contribution in [0.25, 0.3) is 10.8 Å². The Morgan fingerprint density at radius 3 is 2.65 bits per heavy atom. The Balaban J connectivity index is 2.09. The van der Waals surface area contributed by atoms with Crippen molar-refractivity contribution in [3.8, 4) is 0 Å². The third kappa shape index (κ3) is 1.94. The number of hydrogen-bond donors (Lipinski definition) is 0. The quantitative estimate of drug-likeness (QED) is 0.667. The minimum atomic E-state index is 0.194. The lowest BCUT2D eigenvalue weighted by Crippen LogP contribution is -2.07. The topological polar surface area (TPSA) is 0 Å². The van der Waals surface area contributed by atoms with E-state index >= 15 is 0 Å². The van der Waals surface area contributed by atoms with Crippen molar-refractivity contribution in [1.29, 1.82) is 0 Å². The van der Waals surface area contributed by atoms with Gasteiger partial charge in [-0.1, -0.05) is 72.9 Å². The van der Waals surface area contributed by atoms with Crippen molar-refractivity contribution < 1.29 is 0 Å². The lowest BCUT2D eigenvalue weighted by molar-refractivity contribution is 1.16. The molecule has 0 bridgehead atoms. The normalized spacial score (nSPS) is 18.8. The van der Waals surface area contributed by atoms with Gasteiger partial charge in [0.1, 0.15) is 0 Å². The lowest BCUT2D eigenvalue weighted by Gasteiger charge is -2.15. The lowest BCUT2D eigenvalue weighted by atomic mass is 9.91. The summed E-state index contributed by atoms with van der Waals surface area (Å²) in [6.45, 7) is 0. The van der Waals surface area contributed by atoms with Crippen LogP contribution in [0.3, 0.4) is 0 Å². The average molecular weight is 235 g/mol. The largest absolute Gasteiger partial charge is 0.0832 e. The predicted molar refractivity (Wildman–Crippen MR) is 76.2 cm³/mol. The van der Waals surface area contributed by atoms with Crippen LogP contribution in [0.2, 0.25) is 0 Å². The van der Waals surface area contributed by atoms with Crippen LogP contribution >= 0.6 is 12.2 Å². The Morgan fingerprint density at radius 1 is 1.00 bits per heavy atom. The first kappa shape index (κ1) is 10.4. The molecule has 0 N–H and O–H groups in total. The van der Waals surface area contributed by atoms with Crippen LogP contribution < -0.4 is 0 Å². The molecule has 1 radical (unpaired) electrons. The van der Waals surface area contributed by atoms with Gasteiger partial charge in [0.25, 0.3) is 0 Å². The maximum atomic E-state index is 5.34. The molecule has 0 spiro atoms. The molecule has 0 amide bonds. The van der Waals surface area contributed by atoms with Gasteiger partial charge in [0, 0.05) is 10.8 Å². The maximum absolute atomic E-state index is 5.34. The minimum absolute atomic E-state index is 0.194. The molecule has 0 nitrogen and oxygen atoms in total. The Labute approximate surface area is 106 Å². The second kappa shape index (κ2) is 4.27. The molecule has 3 rings (SSSR count). The van der Waals surface area contributed by atoms with Gasteiger partial charge in [-0.2, -0.15) is 0 Å². The second-order valence-corrected chi connectivity index (χ2v) is 4.58. The number of hydrogen-bond acceptors (Lipinski definition) is 1. The molecule has 0 fully saturated rings. The van der Waals surface area contributed by atoms with Gasteiger partial charge in [-0.3, -0.25) is 0 Å². The summed E-state index contributed by atoms with van der Waals surface area (Å²) < 4.78 is 0. The van der Waals surface area contributed by atoms with Crippen LogP contribution in [0, 0.1) is 6.08 Å². The van der Waals surface area contributed by atoms with Gasteiger partial charge in [0.05, 0.1) is 0 Å². The number of rotatable bonds is 1. The van der Waals surface area contributed by atoms with Crippen molar-refractivity contribution in [2.45, 2.75) is 5.92 Å². The van der Waals surface area contributed by atoms with E-state index in [4.69, 9.17) is 12.2 Å². The zero-order valence-corrected chi connectivity index (χ0v) is 10.1. The number of benzene rings is 2. The SMILES string of the molecule is S=C1[C]=CC=CC1c1ccc2ccccc2c1. The van der Waals surface area contributed by atoms with Crippen molar-refractivity contribution >= 4 is 27.9 Å². The average Bonchev–Trinajstić information content (AvgIpc) is 2.39. The van der Waals surface area contributed by atoms with E-state index in [0.717, 1.165) is 4.86 Å². The Morgan fingerprint density at radius 2 is 1.82 bits per heavy atom. The highest BCUT2D eigenvalue weighted by atomic mass is 32.1. The maximum Gasteiger partial charge on any atom is 0.0381 e. The van der Waals surface area contributed by atoms with E-state index in [1.807, 2.05) is 12.2 Å². The van der Waals surface area contributed by atoms with E-state index in [0.29, 0.717) is 0 Å². The number of fused-ring (bicyclic) bond motifs is 1. The van der Waals surface area contributed by atoms with Gasteiger partial charge in [-0.05, 0) is 22.4 Å². The first-order valence-corrected chi connectivity index (χ1v) is 6.04. The third-order valence-corrected chi connectivity index (χ3v) is 3.41. The number of thiocarbonyl (C=S) groups is 1. The smallest absolute Gasteiger partial charge is 0.0381 e. The summed E-state index contributed by atoms with van der Waals surface area (Å²) in [6, 6.07) is 14.9. The first-order chi connectivity index (χ1) is 8.34. The highest BCUT2D eigenvalue weighted by Crippen LogP contribution is 2.26. The van der Waals surface area contributed by atoms with Crippen LogP contribution in [-0.2, 0) is 0 Å². The highest BCUT2D eigenvalue weighted by Gasteiger charge is 2.14. The van der Waals surface area contributed by atoms with E-state index < -0.39 is 0 Å². The van der Waals surface area contributed by atoms with Gasteiger partial charge >= 0.3 is 0 Å². The summed E-state index contributed by atoms with van der Waals surface area (Å²) in [5.41, 5.74) is 1.24. The Hall–Kier alpha value is -1.73. The van der Waals surface area contributed by atoms with Gasteiger partial charge in [-0.25, -0.2) is 0 Å². The molecule has 0 aromatic heterocycles. The van der Waals surface area contributed by atoms with Crippen LogP contribution in [-0.4, -0.2) is 4.86 Å². The molecule has 1 unspecified atom stereocenters. The summed E-state index contributed by atoms with van der Waals surface area (Å²) in [5, 5.41) is 2.53. The third-order valence-electron chi connectivity index (χ3n) is 3.04. The second-order valence-electron chi connectivity index (χ2n) is 4.14. The van der Waals surface area contributed by atoms with Gasteiger partial charge < -0.3 is 0 Å². The predicted octanol–water partition coefficient (Wildman–Crippen LogP) is 4.22. The molecular weight excluding hydrogens is 224 g/mol. The fourth-order valence-corrected chi connectivity index (χ4v) is 2.42. The summed E-state index contributed by atoms with van der Waals surface area (Å²) in [6.07, 6.45) is 9.11. The fraction of sp³-hybridized carbons (Fsp3) is 0.0625. The Kier molecular flexibility index (Phi) is 2.62. The molecule has 2 aromatic carbocycles. The Bertz CT molecular complexity index is 635. The van der Waals surface area contributed by atoms with Gasteiger partial charge in [0.2, 0.25) is 0 Å². The summed E-state index contributed by atoms with van der Waals surface area (Å²) in [7, 11) is 0. The van der Waals surface area contributed by atoms with Crippen LogP contribution in [0.1, 0.15) is 11.5 Å². The van der Waals surface area contributed by atoms with E-state index in [1.165, 1.54) is 16.3 Å². The van der Waals surface area contributed by atoms with Crippen molar-refractivity contribution in [2.75, 3.05) is 0 Å². The molecule has 0 saturated carbocycles. The van der Waals surface area contributed by atoms with Gasteiger partial charge in [0.15, 0.2) is 0 Å². The van der Waals surface area contributed by atoms with E-state index in [1.54, 1.807) is 0 Å². The molecule has 0 saturated heterocycles. The van der Waals surface area contributed by atoms with Crippen molar-refractivity contribution in [1.82, 2.24) is 0 Å². The fourth-order valence-electron chi connectivity index (χ4n) is 2.14. The van der Waals surface area contributed by atoms with Crippen LogP contribution in [0.4, 0.5) is 0 Å². The van der Waals surface area contributed by atoms with Crippen molar-refractivity contribution in [2.24, 2.45) is 0 Å². The molecule has 1 aliphatic carbocycles. The molecular formula is C16H11S. The molecule has 2 aromatic rings. The van der Waals surface area contributed by atoms with Crippen molar-refractivity contribution in [3.05, 3.63) is 72.3 Å². The molecule has 81 valence electrons. The monoisotopic (exact) mass is 235 g/mol. The summed E-state index contributed by atoms with van der Waals surface area (Å²) >= 11 is 5.34. The van der Waals surface area contributed by atoms with E-state index in [-0.39, 0.29) is 5.92 Å². The number of allylic oxidation sites excluding steroid dienone is 4.